The molecule has 3 nitrogen and oxygen atoms in total. The number of morpholine rings is 1. The van der Waals surface area contributed by atoms with Crippen molar-refractivity contribution in [3.8, 4) is 0 Å². The smallest absolute Gasteiger partial charge is 0.124 e. The number of rotatable bonds is 2. The van der Waals surface area contributed by atoms with E-state index in [0.717, 1.165) is 18.8 Å². The van der Waals surface area contributed by atoms with Gasteiger partial charge in [0.15, 0.2) is 0 Å². The van der Waals surface area contributed by atoms with Crippen LogP contribution in [0.3, 0.4) is 0 Å². The van der Waals surface area contributed by atoms with Gasteiger partial charge < -0.3 is 15.4 Å². The second kappa shape index (κ2) is 5.06. The molecule has 0 bridgehead atoms. The second-order valence-corrected chi connectivity index (χ2v) is 6.03. The fourth-order valence-electron chi connectivity index (χ4n) is 2.62. The zero-order chi connectivity index (χ0) is 14.2. The molecule has 1 aliphatic rings. The second-order valence-electron chi connectivity index (χ2n) is 5.59. The Labute approximate surface area is 118 Å². The van der Waals surface area contributed by atoms with E-state index in [4.69, 9.17) is 22.7 Å². The van der Waals surface area contributed by atoms with Crippen LogP contribution < -0.4 is 10.6 Å². The van der Waals surface area contributed by atoms with Gasteiger partial charge in [-0.1, -0.05) is 12.2 Å². The summed E-state index contributed by atoms with van der Waals surface area (Å²) in [6.07, 6.45) is 0.105. The van der Waals surface area contributed by atoms with Crippen LogP contribution in [0.4, 0.5) is 10.1 Å². The minimum atomic E-state index is -0.327. The van der Waals surface area contributed by atoms with E-state index in [1.165, 1.54) is 12.1 Å². The molecule has 1 fully saturated rings. The number of hydrogen-bond donors (Lipinski definition) is 1. The van der Waals surface area contributed by atoms with E-state index in [9.17, 15) is 4.39 Å². The van der Waals surface area contributed by atoms with Crippen LogP contribution in [0.5, 0.6) is 0 Å². The molecule has 1 aliphatic heterocycles. The maximum absolute atomic E-state index is 13.3. The lowest BCUT2D eigenvalue weighted by Gasteiger charge is -2.43. The lowest BCUT2D eigenvalue weighted by molar-refractivity contribution is -0.0749. The lowest BCUT2D eigenvalue weighted by atomic mass is 10.0. The maximum atomic E-state index is 13.3. The molecule has 104 valence electrons. The van der Waals surface area contributed by atoms with Gasteiger partial charge in [-0.25, -0.2) is 4.39 Å². The normalized spacial score (nSPS) is 22.3. The zero-order valence-electron chi connectivity index (χ0n) is 11.4. The van der Waals surface area contributed by atoms with Crippen molar-refractivity contribution in [3.63, 3.8) is 0 Å². The minimum absolute atomic E-state index is 0.105. The summed E-state index contributed by atoms with van der Waals surface area (Å²) >= 11 is 5.02. The molecule has 2 rings (SSSR count). The number of anilines is 1. The van der Waals surface area contributed by atoms with E-state index in [1.54, 1.807) is 6.07 Å². The Kier molecular flexibility index (Phi) is 3.78. The number of benzene rings is 1. The molecule has 1 atom stereocenters. The number of halogens is 1. The molecule has 5 heteroatoms. The van der Waals surface area contributed by atoms with E-state index in [-0.39, 0.29) is 22.5 Å². The van der Waals surface area contributed by atoms with Crippen molar-refractivity contribution in [2.75, 3.05) is 18.0 Å². The van der Waals surface area contributed by atoms with Gasteiger partial charge in [0.25, 0.3) is 0 Å². The van der Waals surface area contributed by atoms with E-state index in [1.807, 2.05) is 20.8 Å². The van der Waals surface area contributed by atoms with Crippen LogP contribution in [-0.4, -0.2) is 29.8 Å². The van der Waals surface area contributed by atoms with Crippen molar-refractivity contribution in [3.05, 3.63) is 29.6 Å². The van der Waals surface area contributed by atoms with Crippen LogP contribution in [0.2, 0.25) is 0 Å². The SMILES string of the molecule is CC1CN(c2ccc(F)cc2C(N)=S)CC(C)(C)O1. The predicted octanol–water partition coefficient (Wildman–Crippen LogP) is 2.46. The Morgan fingerprint density at radius 2 is 2.21 bits per heavy atom. The molecule has 19 heavy (non-hydrogen) atoms. The predicted molar refractivity (Wildman–Crippen MR) is 79.1 cm³/mol. The summed E-state index contributed by atoms with van der Waals surface area (Å²) in [5.41, 5.74) is 6.90. The monoisotopic (exact) mass is 282 g/mol. The molecule has 1 unspecified atom stereocenters. The van der Waals surface area contributed by atoms with Crippen molar-refractivity contribution in [1.29, 1.82) is 0 Å². The molecule has 1 saturated heterocycles. The molecule has 0 aliphatic carbocycles. The van der Waals surface area contributed by atoms with Gasteiger partial charge >= 0.3 is 0 Å². The maximum Gasteiger partial charge on any atom is 0.124 e. The number of hydrogen-bond acceptors (Lipinski definition) is 3. The van der Waals surface area contributed by atoms with Gasteiger partial charge in [0.1, 0.15) is 10.8 Å². The molecule has 1 heterocycles. The highest BCUT2D eigenvalue weighted by Crippen LogP contribution is 2.29. The summed E-state index contributed by atoms with van der Waals surface area (Å²) in [5, 5.41) is 0. The molecule has 0 radical (unpaired) electrons. The zero-order valence-corrected chi connectivity index (χ0v) is 12.3. The van der Waals surface area contributed by atoms with Crippen molar-refractivity contribution in [2.45, 2.75) is 32.5 Å². The number of nitrogens with zero attached hydrogens (tertiary/aromatic N) is 1. The summed E-state index contributed by atoms with van der Waals surface area (Å²) < 4.78 is 19.2. The first kappa shape index (κ1) is 14.2. The molecular weight excluding hydrogens is 263 g/mol. The van der Waals surface area contributed by atoms with Gasteiger partial charge in [0, 0.05) is 24.3 Å². The summed E-state index contributed by atoms with van der Waals surface area (Å²) in [4.78, 5) is 2.37. The van der Waals surface area contributed by atoms with Crippen LogP contribution in [0.25, 0.3) is 0 Å². The lowest BCUT2D eigenvalue weighted by Crippen LogP contribution is -2.52. The van der Waals surface area contributed by atoms with E-state index >= 15 is 0 Å². The van der Waals surface area contributed by atoms with Crippen molar-refractivity contribution in [2.24, 2.45) is 5.73 Å². The van der Waals surface area contributed by atoms with Gasteiger partial charge in [-0.3, -0.25) is 0 Å². The van der Waals surface area contributed by atoms with E-state index < -0.39 is 0 Å². The van der Waals surface area contributed by atoms with E-state index in [2.05, 4.69) is 4.90 Å². The summed E-state index contributed by atoms with van der Waals surface area (Å²) in [6, 6.07) is 4.56. The molecular formula is C14H19FN2OS. The van der Waals surface area contributed by atoms with Gasteiger partial charge in [-0.15, -0.1) is 0 Å². The topological polar surface area (TPSA) is 38.5 Å². The van der Waals surface area contributed by atoms with Crippen LogP contribution in [0, 0.1) is 5.82 Å². The van der Waals surface area contributed by atoms with Crippen LogP contribution in [0.1, 0.15) is 26.3 Å². The van der Waals surface area contributed by atoms with Crippen LogP contribution in [-0.2, 0) is 4.74 Å². The minimum Gasteiger partial charge on any atom is -0.389 e. The first-order valence-corrected chi connectivity index (χ1v) is 6.71. The molecule has 2 N–H and O–H groups in total. The molecule has 0 aromatic heterocycles. The quantitative estimate of drug-likeness (QED) is 0.846. The van der Waals surface area contributed by atoms with Crippen LogP contribution in [0.15, 0.2) is 18.2 Å². The fraction of sp³-hybridized carbons (Fsp3) is 0.500. The Morgan fingerprint density at radius 3 is 2.79 bits per heavy atom. The summed E-state index contributed by atoms with van der Waals surface area (Å²) in [5.74, 6) is -0.327. The third kappa shape index (κ3) is 3.22. The van der Waals surface area contributed by atoms with Crippen molar-refractivity contribution < 1.29 is 9.13 Å². The highest BCUT2D eigenvalue weighted by atomic mass is 32.1. The van der Waals surface area contributed by atoms with E-state index in [0.29, 0.717) is 5.56 Å². The Bertz CT molecular complexity index is 504. The number of thiocarbonyl (C=S) groups is 1. The van der Waals surface area contributed by atoms with Gasteiger partial charge in [-0.05, 0) is 39.0 Å². The average Bonchev–Trinajstić information content (AvgIpc) is 2.25. The highest BCUT2D eigenvalue weighted by Gasteiger charge is 2.32. The Hall–Kier alpha value is -1.20. The van der Waals surface area contributed by atoms with Crippen molar-refractivity contribution >= 4 is 22.9 Å². The first-order chi connectivity index (χ1) is 8.78. The summed E-state index contributed by atoms with van der Waals surface area (Å²) in [7, 11) is 0. The number of nitrogens with two attached hydrogens (primary N) is 1. The third-order valence-electron chi connectivity index (χ3n) is 3.13. The fourth-order valence-corrected chi connectivity index (χ4v) is 2.78. The summed E-state index contributed by atoms with van der Waals surface area (Å²) in [6.45, 7) is 7.57. The highest BCUT2D eigenvalue weighted by molar-refractivity contribution is 7.80. The van der Waals surface area contributed by atoms with Crippen LogP contribution >= 0.6 is 12.2 Å². The van der Waals surface area contributed by atoms with Crippen molar-refractivity contribution in [1.82, 2.24) is 0 Å². The Balaban J connectivity index is 2.38. The molecule has 0 spiro atoms. The Morgan fingerprint density at radius 1 is 1.53 bits per heavy atom. The van der Waals surface area contributed by atoms with Gasteiger partial charge in [0.2, 0.25) is 0 Å². The third-order valence-corrected chi connectivity index (χ3v) is 3.35. The number of ether oxygens (including phenoxy) is 1. The molecule has 1 aromatic carbocycles. The van der Waals surface area contributed by atoms with Gasteiger partial charge in [0.05, 0.1) is 11.7 Å². The molecule has 1 aromatic rings. The molecule has 0 saturated carbocycles. The largest absolute Gasteiger partial charge is 0.389 e. The average molecular weight is 282 g/mol. The molecule has 0 amide bonds. The first-order valence-electron chi connectivity index (χ1n) is 6.30. The standard InChI is InChI=1S/C14H19FN2OS/c1-9-7-17(8-14(2,3)18-9)12-5-4-10(15)6-11(12)13(16)19/h4-6,9H,7-8H2,1-3H3,(H2,16,19). The van der Waals surface area contributed by atoms with Gasteiger partial charge in [-0.2, -0.15) is 0 Å².